The summed E-state index contributed by atoms with van der Waals surface area (Å²) in [5, 5.41) is 0. The monoisotopic (exact) mass is 1780 g/mol. The van der Waals surface area contributed by atoms with Crippen molar-refractivity contribution in [1.82, 2.24) is 29.9 Å². The van der Waals surface area contributed by atoms with Crippen LogP contribution in [0, 0.1) is 0 Å². The van der Waals surface area contributed by atoms with E-state index in [-0.39, 0.29) is 0 Å². The fraction of sp³-hybridized carbons (Fsp3) is 0.0156. The first kappa shape index (κ1) is 83.5. The Hall–Kier alpha value is -18.6. The molecule has 1 spiro atoms. The lowest BCUT2D eigenvalue weighted by Crippen LogP contribution is -2.39. The third-order valence-electron chi connectivity index (χ3n) is 26.6. The molecule has 0 N–H and O–H groups in total. The highest BCUT2D eigenvalue weighted by Gasteiger charge is 2.52. The molecule has 4 aliphatic heterocycles. The van der Waals surface area contributed by atoms with Crippen LogP contribution in [0.1, 0.15) is 44.5 Å². The van der Waals surface area contributed by atoms with Gasteiger partial charge in [0.15, 0.2) is 29.0 Å². The van der Waals surface area contributed by atoms with Crippen LogP contribution in [0.5, 0.6) is 23.0 Å². The maximum Gasteiger partial charge on any atom is 0.160 e. The molecule has 11 heteroatoms. The lowest BCUT2D eigenvalue weighted by molar-refractivity contribution is 0.434. The summed E-state index contributed by atoms with van der Waals surface area (Å²) >= 11 is 0. The first-order valence-electron chi connectivity index (χ1n) is 46.9. The van der Waals surface area contributed by atoms with Gasteiger partial charge in [0.05, 0.1) is 79.1 Å². The zero-order valence-corrected chi connectivity index (χ0v) is 75.6. The third kappa shape index (κ3) is 15.4. The van der Waals surface area contributed by atoms with Crippen LogP contribution < -0.4 is 24.2 Å². The summed E-state index contributed by atoms with van der Waals surface area (Å²) in [7, 11) is 0. The van der Waals surface area contributed by atoms with E-state index in [4.69, 9.17) is 39.4 Å². The van der Waals surface area contributed by atoms with E-state index in [2.05, 4.69) is 397 Å². The predicted molar refractivity (Wildman–Crippen MR) is 563 cm³/mol. The second-order valence-corrected chi connectivity index (χ2v) is 34.7. The van der Waals surface area contributed by atoms with Crippen molar-refractivity contribution in [2.24, 2.45) is 0 Å². The van der Waals surface area contributed by atoms with Crippen molar-refractivity contribution < 1.29 is 9.47 Å². The Balaban J connectivity index is 0.000000115. The largest absolute Gasteiger partial charge is 0.457 e. The Morgan fingerprint density at radius 1 is 0.151 bits per heavy atom. The molecular formula is C128H87N9O2. The Morgan fingerprint density at radius 2 is 0.345 bits per heavy atom. The second kappa shape index (κ2) is 36.4. The highest BCUT2D eigenvalue weighted by atomic mass is 16.5. The maximum atomic E-state index is 6.55. The van der Waals surface area contributed by atoms with Gasteiger partial charge in [0.1, 0.15) is 11.5 Å². The van der Waals surface area contributed by atoms with Crippen LogP contribution in [0.3, 0.4) is 0 Å². The third-order valence-corrected chi connectivity index (χ3v) is 26.6. The van der Waals surface area contributed by atoms with Crippen LogP contribution in [0.25, 0.3) is 102 Å². The van der Waals surface area contributed by atoms with Crippen molar-refractivity contribution in [3.05, 3.63) is 572 Å². The van der Waals surface area contributed by atoms with Gasteiger partial charge in [-0.2, -0.15) is 0 Å². The van der Waals surface area contributed by atoms with Gasteiger partial charge in [-0.3, -0.25) is 0 Å². The molecule has 0 amide bonds. The van der Waals surface area contributed by atoms with Crippen LogP contribution in [0.2, 0.25) is 0 Å². The Bertz CT molecular complexity index is 7830. The molecule has 139 heavy (non-hydrogen) atoms. The molecule has 11 nitrogen and oxygen atoms in total. The molecule has 7 heterocycles. The van der Waals surface area contributed by atoms with Crippen molar-refractivity contribution in [3.8, 4) is 125 Å². The number of para-hydroxylation sites is 10. The molecule has 0 bridgehead atoms. The molecule has 0 saturated carbocycles. The van der Waals surface area contributed by atoms with Crippen molar-refractivity contribution in [2.45, 2.75) is 10.8 Å². The summed E-state index contributed by atoms with van der Waals surface area (Å²) in [5.41, 5.74) is 33.0. The summed E-state index contributed by atoms with van der Waals surface area (Å²) in [4.78, 5) is 37.3. The van der Waals surface area contributed by atoms with Gasteiger partial charge in [-0.15, -0.1) is 0 Å². The van der Waals surface area contributed by atoms with Gasteiger partial charge in [-0.05, 0) is 185 Å². The van der Waals surface area contributed by atoms with Crippen LogP contribution in [-0.2, 0) is 10.8 Å². The van der Waals surface area contributed by atoms with E-state index >= 15 is 0 Å². The number of hydrogen-bond acceptors (Lipinski definition) is 11. The Kier molecular flexibility index (Phi) is 21.9. The summed E-state index contributed by atoms with van der Waals surface area (Å²) in [5.74, 6) is 5.51. The molecular weight excluding hydrogens is 1700 g/mol. The fourth-order valence-electron chi connectivity index (χ4n) is 20.3. The number of hydrogen-bond donors (Lipinski definition) is 0. The average molecular weight is 1780 g/mol. The van der Waals surface area contributed by atoms with Gasteiger partial charge >= 0.3 is 0 Å². The summed E-state index contributed by atoms with van der Waals surface area (Å²) in [6.45, 7) is 0. The summed E-state index contributed by atoms with van der Waals surface area (Å²) in [6.07, 6.45) is 0. The maximum absolute atomic E-state index is 6.55. The molecule has 0 saturated heterocycles. The average Bonchev–Trinajstić information content (AvgIpc) is 0.682. The van der Waals surface area contributed by atoms with Crippen molar-refractivity contribution >= 4 is 51.2 Å². The van der Waals surface area contributed by atoms with E-state index in [1.54, 1.807) is 0 Å². The smallest absolute Gasteiger partial charge is 0.160 e. The van der Waals surface area contributed by atoms with Crippen LogP contribution in [-0.4, -0.2) is 29.9 Å². The van der Waals surface area contributed by atoms with Gasteiger partial charge in [0, 0.05) is 78.3 Å². The molecule has 22 aromatic rings. The number of fused-ring (bicyclic) bond motifs is 12. The molecule has 4 aliphatic rings. The van der Waals surface area contributed by atoms with E-state index in [1.807, 2.05) is 146 Å². The number of aromatic nitrogens is 6. The van der Waals surface area contributed by atoms with Gasteiger partial charge < -0.3 is 24.2 Å². The molecule has 656 valence electrons. The minimum atomic E-state index is -0.561. The van der Waals surface area contributed by atoms with Crippen molar-refractivity contribution in [3.63, 3.8) is 0 Å². The molecule has 0 aliphatic carbocycles. The molecule has 0 unspecified atom stereocenters. The molecule has 0 radical (unpaired) electrons. The molecule has 0 atom stereocenters. The lowest BCUT2D eigenvalue weighted by atomic mass is 9.61. The number of rotatable bonds is 14. The van der Waals surface area contributed by atoms with Crippen molar-refractivity contribution in [1.29, 1.82) is 0 Å². The molecule has 3 aromatic heterocycles. The van der Waals surface area contributed by atoms with Gasteiger partial charge in [0.25, 0.3) is 0 Å². The number of nitrogens with zero attached hydrogens (tertiary/aromatic N) is 9. The zero-order chi connectivity index (χ0) is 92.4. The number of ether oxygens (including phenoxy) is 2. The van der Waals surface area contributed by atoms with Crippen LogP contribution in [0.4, 0.5) is 51.2 Å². The standard InChI is InChI=1S/C47H31N3O.C47H33N3.C34H23N3O/c1-3-15-32(16-4-1)40-31-41(33-17-5-2-6-18-33)49-46(48-40)34-27-29-35(30-28-34)50-42-23-11-7-19-36(42)47(37-20-8-12-24-43(37)50)38-21-9-13-25-44(38)51-45-26-14-10-22-39(45)47;1-5-17-34(18-6-1)42-33-43(35-19-7-2-8-20-35)49-46(48-42)36-29-31-39(32-30-36)50-44-27-15-13-25-40(44)47(37-21-9-3-10-22-37,38-23-11-4-12-24-38)41-26-14-16-28-45(41)50;1-3-11-24(12-4-1)28-23-29(25-13-5-2-6-14-25)36-34(35-28)26-19-21-27(22-20-26)37-30-15-7-9-17-32(30)38-33-18-10-8-16-31(33)37/h1-31H;1-33H;1-23H. The number of benzene rings is 19. The van der Waals surface area contributed by atoms with Crippen LogP contribution >= 0.6 is 0 Å². The molecule has 26 rings (SSSR count). The molecule has 0 fully saturated rings. The van der Waals surface area contributed by atoms with Gasteiger partial charge in [-0.25, -0.2) is 29.9 Å². The summed E-state index contributed by atoms with van der Waals surface area (Å²) < 4.78 is 12.7. The van der Waals surface area contributed by atoms with Crippen LogP contribution in [0.15, 0.2) is 528 Å². The van der Waals surface area contributed by atoms with E-state index in [0.717, 1.165) is 170 Å². The van der Waals surface area contributed by atoms with E-state index in [9.17, 15) is 0 Å². The Labute approximate surface area is 807 Å². The number of anilines is 9. The van der Waals surface area contributed by atoms with E-state index in [0.29, 0.717) is 17.5 Å². The first-order chi connectivity index (χ1) is 68.9. The van der Waals surface area contributed by atoms with Gasteiger partial charge in [-0.1, -0.05) is 376 Å². The normalized spacial score (nSPS) is 12.8. The van der Waals surface area contributed by atoms with E-state index in [1.165, 1.54) is 33.4 Å². The minimum Gasteiger partial charge on any atom is -0.457 e. The van der Waals surface area contributed by atoms with Gasteiger partial charge in [0.2, 0.25) is 0 Å². The SMILES string of the molecule is c1ccc(-c2cc(-c3ccccc3)nc(-c3ccc(N4c5ccccc5C(c5ccccc5)(c5ccccc5)c5ccccc54)cc3)n2)cc1.c1ccc(-c2cc(-c3ccccc3)nc(-c3ccc(N4c5ccccc5C5(c6ccccc6Oc6ccccc65)c5ccccc54)cc3)n2)cc1.c1ccc(-c2cc(-c3ccccc3)nc(-c3ccc(N4c5ccccc5Oc5ccccc54)cc3)n2)cc1. The highest BCUT2D eigenvalue weighted by Crippen LogP contribution is 2.64. The second-order valence-electron chi connectivity index (χ2n) is 34.7. The quantitative estimate of drug-likeness (QED) is 0.104. The van der Waals surface area contributed by atoms with E-state index < -0.39 is 10.8 Å². The molecule has 19 aromatic carbocycles. The zero-order valence-electron chi connectivity index (χ0n) is 75.6. The predicted octanol–water partition coefficient (Wildman–Crippen LogP) is 32.4. The first-order valence-corrected chi connectivity index (χ1v) is 46.9. The fourth-order valence-corrected chi connectivity index (χ4v) is 20.3. The Morgan fingerprint density at radius 3 is 0.612 bits per heavy atom. The summed E-state index contributed by atoms with van der Waals surface area (Å²) in [6, 6.07) is 184. The highest BCUT2D eigenvalue weighted by molar-refractivity contribution is 5.94. The lowest BCUT2D eigenvalue weighted by Gasteiger charge is -2.48. The van der Waals surface area contributed by atoms with Crippen molar-refractivity contribution in [2.75, 3.05) is 14.7 Å². The minimum absolute atomic E-state index is 0.494. The topological polar surface area (TPSA) is 106 Å².